The molecule has 0 bridgehead atoms. The Balaban J connectivity index is 3.32. The van der Waals surface area contributed by atoms with Crippen molar-refractivity contribution < 1.29 is 19.1 Å². The number of carbonyl (C=O) groups is 2. The number of unbranched alkanes of at least 4 members (excludes halogenated alkanes) is 9. The molecular formula is C24H44O4. The maximum absolute atomic E-state index is 11.6. The maximum Gasteiger partial charge on any atom is 0.309 e. The molecular weight excluding hydrogens is 352 g/mol. The second kappa shape index (κ2) is 19.0. The topological polar surface area (TPSA) is 52.6 Å². The third-order valence-corrected chi connectivity index (χ3v) is 5.02. The molecule has 0 rings (SSSR count). The van der Waals surface area contributed by atoms with E-state index in [4.69, 9.17) is 9.47 Å². The van der Waals surface area contributed by atoms with E-state index in [1.165, 1.54) is 44.9 Å². The van der Waals surface area contributed by atoms with Gasteiger partial charge in [-0.1, -0.05) is 70.9 Å². The molecule has 0 aliphatic heterocycles. The van der Waals surface area contributed by atoms with Crippen molar-refractivity contribution in [3.63, 3.8) is 0 Å². The van der Waals surface area contributed by atoms with Crippen molar-refractivity contribution >= 4 is 11.9 Å². The van der Waals surface area contributed by atoms with Gasteiger partial charge in [0.2, 0.25) is 0 Å². The normalized spacial score (nSPS) is 13.4. The van der Waals surface area contributed by atoms with Gasteiger partial charge >= 0.3 is 11.9 Å². The number of ether oxygens (including phenoxy) is 2. The van der Waals surface area contributed by atoms with Crippen molar-refractivity contribution in [1.82, 2.24) is 0 Å². The number of hydrogen-bond acceptors (Lipinski definition) is 4. The molecule has 4 nitrogen and oxygen atoms in total. The summed E-state index contributed by atoms with van der Waals surface area (Å²) in [5.41, 5.74) is 0. The number of esters is 2. The van der Waals surface area contributed by atoms with Crippen molar-refractivity contribution in [2.24, 2.45) is 0 Å². The summed E-state index contributed by atoms with van der Waals surface area (Å²) in [5.74, 6) is -0.172. The third-order valence-electron chi connectivity index (χ3n) is 5.02. The average molecular weight is 397 g/mol. The standard InChI is InChI=1S/C24H44O4/c1-5-21(3)27-23(25)19-17-15-13-11-9-7-8-10-12-14-16-18-20-24(26)28-22(4)6-2/h15,17,21-22H,5-14,16,18-20H2,1-4H3/b17-15+. The fraction of sp³-hybridized carbons (Fsp3) is 0.833. The lowest BCUT2D eigenvalue weighted by molar-refractivity contribution is -0.149. The summed E-state index contributed by atoms with van der Waals surface area (Å²) in [6.45, 7) is 7.91. The zero-order valence-electron chi connectivity index (χ0n) is 18.8. The van der Waals surface area contributed by atoms with Gasteiger partial charge in [-0.3, -0.25) is 9.59 Å². The highest BCUT2D eigenvalue weighted by atomic mass is 16.5. The lowest BCUT2D eigenvalue weighted by Crippen LogP contribution is -2.13. The van der Waals surface area contributed by atoms with Crippen LogP contribution in [0.4, 0.5) is 0 Å². The summed E-state index contributed by atoms with van der Waals surface area (Å²) in [7, 11) is 0. The van der Waals surface area contributed by atoms with E-state index in [0.29, 0.717) is 12.8 Å². The summed E-state index contributed by atoms with van der Waals surface area (Å²) in [4.78, 5) is 23.1. The van der Waals surface area contributed by atoms with E-state index in [9.17, 15) is 9.59 Å². The predicted molar refractivity (Wildman–Crippen MR) is 116 cm³/mol. The van der Waals surface area contributed by atoms with Crippen LogP contribution >= 0.6 is 0 Å². The molecule has 0 aromatic rings. The molecule has 0 fully saturated rings. The number of rotatable bonds is 18. The second-order valence-electron chi connectivity index (χ2n) is 7.81. The van der Waals surface area contributed by atoms with Gasteiger partial charge in [-0.05, 0) is 46.0 Å². The van der Waals surface area contributed by atoms with Crippen LogP contribution in [0, 0.1) is 0 Å². The fourth-order valence-electron chi connectivity index (χ4n) is 2.79. The predicted octanol–water partition coefficient (Wildman–Crippen LogP) is 6.91. The van der Waals surface area contributed by atoms with Gasteiger partial charge in [0.1, 0.15) is 0 Å². The van der Waals surface area contributed by atoms with Crippen LogP contribution < -0.4 is 0 Å². The first-order valence-corrected chi connectivity index (χ1v) is 11.5. The summed E-state index contributed by atoms with van der Waals surface area (Å²) in [6.07, 6.45) is 18.7. The molecule has 0 heterocycles. The minimum atomic E-state index is -0.127. The van der Waals surface area contributed by atoms with E-state index in [1.807, 2.05) is 33.8 Å². The van der Waals surface area contributed by atoms with Gasteiger partial charge < -0.3 is 9.47 Å². The molecule has 164 valence electrons. The van der Waals surface area contributed by atoms with Gasteiger partial charge in [0, 0.05) is 6.42 Å². The molecule has 28 heavy (non-hydrogen) atoms. The molecule has 4 heteroatoms. The summed E-state index contributed by atoms with van der Waals surface area (Å²) < 4.78 is 10.5. The van der Waals surface area contributed by atoms with Crippen molar-refractivity contribution in [3.05, 3.63) is 12.2 Å². The molecule has 2 unspecified atom stereocenters. The lowest BCUT2D eigenvalue weighted by atomic mass is 10.1. The Hall–Kier alpha value is -1.32. The number of carbonyl (C=O) groups excluding carboxylic acids is 2. The highest BCUT2D eigenvalue weighted by molar-refractivity contribution is 5.71. The molecule has 0 saturated carbocycles. The average Bonchev–Trinajstić information content (AvgIpc) is 2.67. The quantitative estimate of drug-likeness (QED) is 0.143. The summed E-state index contributed by atoms with van der Waals surface area (Å²) in [5, 5.41) is 0. The minimum Gasteiger partial charge on any atom is -0.463 e. The van der Waals surface area contributed by atoms with Crippen LogP contribution in [0.15, 0.2) is 12.2 Å². The second-order valence-corrected chi connectivity index (χ2v) is 7.81. The van der Waals surface area contributed by atoms with Crippen LogP contribution in [0.5, 0.6) is 0 Å². The lowest BCUT2D eigenvalue weighted by Gasteiger charge is -2.10. The van der Waals surface area contributed by atoms with E-state index in [2.05, 4.69) is 6.08 Å². The summed E-state index contributed by atoms with van der Waals surface area (Å²) in [6, 6.07) is 0. The van der Waals surface area contributed by atoms with Crippen molar-refractivity contribution in [2.75, 3.05) is 0 Å². The smallest absolute Gasteiger partial charge is 0.309 e. The largest absolute Gasteiger partial charge is 0.463 e. The molecule has 0 aliphatic rings. The molecule has 0 aromatic carbocycles. The van der Waals surface area contributed by atoms with E-state index >= 15 is 0 Å². The fourth-order valence-corrected chi connectivity index (χ4v) is 2.79. The molecule has 0 aromatic heterocycles. The van der Waals surface area contributed by atoms with Crippen LogP contribution in [-0.4, -0.2) is 24.1 Å². The van der Waals surface area contributed by atoms with Crippen molar-refractivity contribution in [3.8, 4) is 0 Å². The summed E-state index contributed by atoms with van der Waals surface area (Å²) >= 11 is 0. The maximum atomic E-state index is 11.6. The molecule has 0 aliphatic carbocycles. The molecule has 0 saturated heterocycles. The molecule has 0 radical (unpaired) electrons. The molecule has 2 atom stereocenters. The Kier molecular flexibility index (Phi) is 18.1. The number of hydrogen-bond donors (Lipinski definition) is 0. The monoisotopic (exact) mass is 396 g/mol. The van der Waals surface area contributed by atoms with Crippen LogP contribution in [0.2, 0.25) is 0 Å². The van der Waals surface area contributed by atoms with Crippen LogP contribution in [0.25, 0.3) is 0 Å². The first-order chi connectivity index (χ1) is 13.5. The Morgan fingerprint density at radius 2 is 1.14 bits per heavy atom. The zero-order chi connectivity index (χ0) is 21.0. The van der Waals surface area contributed by atoms with Gasteiger partial charge in [-0.25, -0.2) is 0 Å². The van der Waals surface area contributed by atoms with Crippen LogP contribution in [0.1, 0.15) is 118 Å². The Labute approximate surface area is 173 Å². The zero-order valence-corrected chi connectivity index (χ0v) is 18.8. The van der Waals surface area contributed by atoms with Gasteiger partial charge in [-0.15, -0.1) is 0 Å². The first kappa shape index (κ1) is 26.7. The number of allylic oxidation sites excluding steroid dienone is 1. The van der Waals surface area contributed by atoms with Crippen LogP contribution in [-0.2, 0) is 19.1 Å². The van der Waals surface area contributed by atoms with Gasteiger partial charge in [-0.2, -0.15) is 0 Å². The van der Waals surface area contributed by atoms with Crippen molar-refractivity contribution in [1.29, 1.82) is 0 Å². The highest BCUT2D eigenvalue weighted by Crippen LogP contribution is 2.12. The molecule has 0 N–H and O–H groups in total. The molecule has 0 spiro atoms. The van der Waals surface area contributed by atoms with Gasteiger partial charge in [0.15, 0.2) is 0 Å². The van der Waals surface area contributed by atoms with E-state index < -0.39 is 0 Å². The van der Waals surface area contributed by atoms with E-state index in [1.54, 1.807) is 0 Å². The van der Waals surface area contributed by atoms with Gasteiger partial charge in [0.25, 0.3) is 0 Å². The van der Waals surface area contributed by atoms with Crippen LogP contribution in [0.3, 0.4) is 0 Å². The van der Waals surface area contributed by atoms with Crippen molar-refractivity contribution in [2.45, 2.75) is 130 Å². The Morgan fingerprint density at radius 1 is 0.679 bits per heavy atom. The first-order valence-electron chi connectivity index (χ1n) is 11.5. The Bertz CT molecular complexity index is 417. The third kappa shape index (κ3) is 18.1. The SMILES string of the molecule is CCC(C)OC(=O)C/C=C/CCCCCCCCCCCC(=O)OC(C)CC. The minimum absolute atomic E-state index is 0.0204. The molecule has 0 amide bonds. The Morgan fingerprint density at radius 3 is 1.68 bits per heavy atom. The van der Waals surface area contributed by atoms with Gasteiger partial charge in [0.05, 0.1) is 18.6 Å². The highest BCUT2D eigenvalue weighted by Gasteiger charge is 2.07. The van der Waals surface area contributed by atoms with E-state index in [0.717, 1.165) is 32.1 Å². The van der Waals surface area contributed by atoms with E-state index in [-0.39, 0.29) is 24.1 Å².